The van der Waals surface area contributed by atoms with Crippen molar-refractivity contribution in [3.8, 4) is 0 Å². The van der Waals surface area contributed by atoms with E-state index >= 15 is 0 Å². The summed E-state index contributed by atoms with van der Waals surface area (Å²) in [6.45, 7) is 7.57. The molecule has 0 saturated heterocycles. The average molecular weight is 256 g/mol. The largest absolute Gasteiger partial charge is 0.383 e. The van der Waals surface area contributed by atoms with Crippen LogP contribution < -0.4 is 5.73 Å². The molecule has 1 aliphatic rings. The maximum Gasteiger partial charge on any atom is 0.226 e. The lowest BCUT2D eigenvalue weighted by Crippen LogP contribution is -2.47. The molecule has 0 spiro atoms. The monoisotopic (exact) mass is 256 g/mol. The van der Waals surface area contributed by atoms with E-state index in [1.807, 2.05) is 18.7 Å². The van der Waals surface area contributed by atoms with Crippen molar-refractivity contribution in [1.82, 2.24) is 4.90 Å². The summed E-state index contributed by atoms with van der Waals surface area (Å²) < 4.78 is 5.15. The van der Waals surface area contributed by atoms with E-state index in [2.05, 4.69) is 6.92 Å². The molecule has 1 aliphatic carbocycles. The van der Waals surface area contributed by atoms with E-state index in [4.69, 9.17) is 10.5 Å². The highest BCUT2D eigenvalue weighted by Crippen LogP contribution is 2.29. The minimum atomic E-state index is 0.151. The Kier molecular flexibility index (Phi) is 6.09. The van der Waals surface area contributed by atoms with Gasteiger partial charge in [0.2, 0.25) is 5.91 Å². The maximum atomic E-state index is 12.5. The quantitative estimate of drug-likeness (QED) is 0.813. The Hall–Kier alpha value is -0.610. The smallest absolute Gasteiger partial charge is 0.226 e. The number of hydrogen-bond acceptors (Lipinski definition) is 3. The Morgan fingerprint density at radius 3 is 2.67 bits per heavy atom. The van der Waals surface area contributed by atoms with Gasteiger partial charge in [-0.3, -0.25) is 4.79 Å². The van der Waals surface area contributed by atoms with Gasteiger partial charge in [0.05, 0.1) is 12.6 Å². The molecule has 4 heteroatoms. The first-order chi connectivity index (χ1) is 8.51. The summed E-state index contributed by atoms with van der Waals surface area (Å²) in [7, 11) is 1.68. The lowest BCUT2D eigenvalue weighted by molar-refractivity contribution is -0.140. The lowest BCUT2D eigenvalue weighted by atomic mass is 9.78. The minimum Gasteiger partial charge on any atom is -0.383 e. The van der Waals surface area contributed by atoms with E-state index in [1.54, 1.807) is 7.11 Å². The second kappa shape index (κ2) is 7.10. The fraction of sp³-hybridized carbons (Fsp3) is 0.929. The zero-order chi connectivity index (χ0) is 13.7. The lowest BCUT2D eigenvalue weighted by Gasteiger charge is -2.36. The van der Waals surface area contributed by atoms with Gasteiger partial charge in [-0.25, -0.2) is 0 Å². The predicted octanol–water partition coefficient (Wildman–Crippen LogP) is 1.63. The average Bonchev–Trinajstić information content (AvgIpc) is 2.33. The summed E-state index contributed by atoms with van der Waals surface area (Å²) in [4.78, 5) is 14.5. The van der Waals surface area contributed by atoms with Gasteiger partial charge in [-0.15, -0.1) is 0 Å². The Labute approximate surface area is 111 Å². The Morgan fingerprint density at radius 2 is 2.17 bits per heavy atom. The van der Waals surface area contributed by atoms with Crippen molar-refractivity contribution in [3.05, 3.63) is 0 Å². The first-order valence-electron chi connectivity index (χ1n) is 7.06. The molecule has 4 nitrogen and oxygen atoms in total. The van der Waals surface area contributed by atoms with Crippen LogP contribution in [0.3, 0.4) is 0 Å². The molecule has 4 unspecified atom stereocenters. The van der Waals surface area contributed by atoms with Gasteiger partial charge in [0, 0.05) is 25.6 Å². The molecule has 0 aromatic carbocycles. The van der Waals surface area contributed by atoms with Crippen molar-refractivity contribution in [1.29, 1.82) is 0 Å². The molecule has 1 amide bonds. The van der Waals surface area contributed by atoms with Crippen LogP contribution in [0.4, 0.5) is 0 Å². The summed E-state index contributed by atoms with van der Waals surface area (Å²) >= 11 is 0. The van der Waals surface area contributed by atoms with Crippen molar-refractivity contribution >= 4 is 5.91 Å². The highest BCUT2D eigenvalue weighted by molar-refractivity contribution is 5.79. The van der Waals surface area contributed by atoms with Gasteiger partial charge >= 0.3 is 0 Å². The number of methoxy groups -OCH3 is 1. The van der Waals surface area contributed by atoms with E-state index in [0.29, 0.717) is 12.5 Å². The van der Waals surface area contributed by atoms with Crippen LogP contribution in [0.15, 0.2) is 0 Å². The van der Waals surface area contributed by atoms with Crippen LogP contribution in [0.2, 0.25) is 0 Å². The maximum absolute atomic E-state index is 12.5. The zero-order valence-corrected chi connectivity index (χ0v) is 12.2. The second-order valence-corrected chi connectivity index (χ2v) is 5.58. The SMILES string of the molecule is CCN(C(=O)C1CCC(N)C(C)C1)C(C)COC. The zero-order valence-electron chi connectivity index (χ0n) is 12.2. The number of carbonyl (C=O) groups is 1. The first kappa shape index (κ1) is 15.4. The van der Waals surface area contributed by atoms with Crippen LogP contribution in [0.25, 0.3) is 0 Å². The molecule has 2 N–H and O–H groups in total. The summed E-state index contributed by atoms with van der Waals surface area (Å²) in [5.41, 5.74) is 6.01. The number of nitrogens with zero attached hydrogens (tertiary/aromatic N) is 1. The van der Waals surface area contributed by atoms with Crippen molar-refractivity contribution in [3.63, 3.8) is 0 Å². The summed E-state index contributed by atoms with van der Waals surface area (Å²) in [6.07, 6.45) is 2.82. The van der Waals surface area contributed by atoms with E-state index in [1.165, 1.54) is 0 Å². The van der Waals surface area contributed by atoms with Crippen LogP contribution >= 0.6 is 0 Å². The van der Waals surface area contributed by atoms with Gasteiger partial charge in [-0.1, -0.05) is 6.92 Å². The number of hydrogen-bond donors (Lipinski definition) is 1. The van der Waals surface area contributed by atoms with Gasteiger partial charge in [0.15, 0.2) is 0 Å². The number of likely N-dealkylation sites (N-methyl/N-ethyl adjacent to an activating group) is 1. The third kappa shape index (κ3) is 3.69. The van der Waals surface area contributed by atoms with E-state index < -0.39 is 0 Å². The number of amides is 1. The topological polar surface area (TPSA) is 55.6 Å². The fourth-order valence-electron chi connectivity index (χ4n) is 2.89. The third-order valence-electron chi connectivity index (χ3n) is 4.15. The van der Waals surface area contributed by atoms with Gasteiger partial charge in [-0.2, -0.15) is 0 Å². The van der Waals surface area contributed by atoms with Crippen LogP contribution in [0.5, 0.6) is 0 Å². The third-order valence-corrected chi connectivity index (χ3v) is 4.15. The number of nitrogens with two attached hydrogens (primary N) is 1. The van der Waals surface area contributed by atoms with E-state index in [9.17, 15) is 4.79 Å². The summed E-state index contributed by atoms with van der Waals surface area (Å²) in [5.74, 6) is 0.879. The van der Waals surface area contributed by atoms with Gasteiger partial charge in [-0.05, 0) is 39.0 Å². The van der Waals surface area contributed by atoms with E-state index in [-0.39, 0.29) is 23.9 Å². The van der Waals surface area contributed by atoms with Crippen LogP contribution in [-0.4, -0.2) is 43.2 Å². The molecule has 1 fully saturated rings. The van der Waals surface area contributed by atoms with Crippen LogP contribution in [-0.2, 0) is 9.53 Å². The number of ether oxygens (including phenoxy) is 1. The molecule has 0 heterocycles. The van der Waals surface area contributed by atoms with Gasteiger partial charge < -0.3 is 15.4 Å². The molecule has 1 rings (SSSR count). The summed E-state index contributed by atoms with van der Waals surface area (Å²) in [6, 6.07) is 0.416. The highest BCUT2D eigenvalue weighted by atomic mass is 16.5. The Bertz CT molecular complexity index is 271. The molecule has 0 bridgehead atoms. The summed E-state index contributed by atoms with van der Waals surface area (Å²) in [5, 5.41) is 0. The molecular weight excluding hydrogens is 228 g/mol. The molecule has 1 saturated carbocycles. The molecule has 4 atom stereocenters. The first-order valence-corrected chi connectivity index (χ1v) is 7.06. The standard InChI is InChI=1S/C14H28N2O2/c1-5-16(11(3)9-18-4)14(17)12-6-7-13(15)10(2)8-12/h10-13H,5-9,15H2,1-4H3. The van der Waals surface area contributed by atoms with Crippen LogP contribution in [0.1, 0.15) is 40.0 Å². The molecule has 0 radical (unpaired) electrons. The van der Waals surface area contributed by atoms with Crippen molar-refractivity contribution < 1.29 is 9.53 Å². The number of rotatable bonds is 5. The van der Waals surface area contributed by atoms with Crippen LogP contribution in [0, 0.1) is 11.8 Å². The van der Waals surface area contributed by atoms with Gasteiger partial charge in [0.25, 0.3) is 0 Å². The molecular formula is C14H28N2O2. The fourth-order valence-corrected chi connectivity index (χ4v) is 2.89. The molecule has 0 aromatic rings. The molecule has 0 aromatic heterocycles. The predicted molar refractivity (Wildman–Crippen MR) is 73.2 cm³/mol. The molecule has 18 heavy (non-hydrogen) atoms. The van der Waals surface area contributed by atoms with Gasteiger partial charge in [0.1, 0.15) is 0 Å². The van der Waals surface area contributed by atoms with E-state index in [0.717, 1.165) is 25.8 Å². The number of carbonyl (C=O) groups excluding carboxylic acids is 1. The molecule has 106 valence electrons. The molecule has 0 aliphatic heterocycles. The second-order valence-electron chi connectivity index (χ2n) is 5.58. The minimum absolute atomic E-state index is 0.151. The Balaban J connectivity index is 2.61. The highest BCUT2D eigenvalue weighted by Gasteiger charge is 2.32. The van der Waals surface area contributed by atoms with Crippen molar-refractivity contribution in [2.75, 3.05) is 20.3 Å². The van der Waals surface area contributed by atoms with Crippen molar-refractivity contribution in [2.45, 2.75) is 52.1 Å². The van der Waals surface area contributed by atoms with Crippen molar-refractivity contribution in [2.24, 2.45) is 17.6 Å². The normalized spacial score (nSPS) is 29.9. The Morgan fingerprint density at radius 1 is 1.50 bits per heavy atom.